The number of alkyl halides is 1. The van der Waals surface area contributed by atoms with Crippen molar-refractivity contribution in [3.63, 3.8) is 0 Å². The molecule has 18 heavy (non-hydrogen) atoms. The van der Waals surface area contributed by atoms with Gasteiger partial charge < -0.3 is 9.84 Å². The number of aliphatic hydroxyl groups excluding tert-OH is 1. The van der Waals surface area contributed by atoms with Gasteiger partial charge in [0, 0.05) is 6.42 Å². The molecule has 0 radical (unpaired) electrons. The van der Waals surface area contributed by atoms with Crippen LogP contribution < -0.4 is 0 Å². The van der Waals surface area contributed by atoms with Crippen LogP contribution in [0.25, 0.3) is 0 Å². The minimum Gasteiger partial charge on any atom is -0.435 e. The Morgan fingerprint density at radius 3 is 2.06 bits per heavy atom. The van der Waals surface area contributed by atoms with Crippen molar-refractivity contribution < 1.29 is 14.6 Å². The number of esters is 1. The second-order valence-electron chi connectivity index (χ2n) is 4.70. The molecule has 0 aliphatic carbocycles. The molecule has 0 bridgehead atoms. The summed E-state index contributed by atoms with van der Waals surface area (Å²) in [5.41, 5.74) is 0. The second kappa shape index (κ2) is 13.2. The monoisotopic (exact) mass is 278 g/mol. The lowest BCUT2D eigenvalue weighted by Gasteiger charge is -2.10. The van der Waals surface area contributed by atoms with E-state index < -0.39 is 12.3 Å². The number of aliphatic hydroxyl groups is 1. The van der Waals surface area contributed by atoms with Gasteiger partial charge in [0.25, 0.3) is 0 Å². The Kier molecular flexibility index (Phi) is 13.0. The number of hydrogen-bond acceptors (Lipinski definition) is 3. The molecule has 4 heteroatoms. The SMILES string of the molecule is CCCCCCCCCCCC(O)OC(=O)CCl. The van der Waals surface area contributed by atoms with Crippen LogP contribution in [0.4, 0.5) is 0 Å². The molecule has 0 spiro atoms. The molecule has 0 aromatic carbocycles. The van der Waals surface area contributed by atoms with Crippen molar-refractivity contribution in [2.45, 2.75) is 77.4 Å². The molecule has 0 aromatic rings. The maximum absolute atomic E-state index is 10.8. The predicted molar refractivity (Wildman–Crippen MR) is 74.7 cm³/mol. The van der Waals surface area contributed by atoms with Crippen molar-refractivity contribution in [1.29, 1.82) is 0 Å². The number of halogens is 1. The van der Waals surface area contributed by atoms with Gasteiger partial charge in [-0.3, -0.25) is 4.79 Å². The Hall–Kier alpha value is -0.280. The van der Waals surface area contributed by atoms with Crippen LogP contribution in [0.3, 0.4) is 0 Å². The van der Waals surface area contributed by atoms with E-state index in [-0.39, 0.29) is 5.88 Å². The van der Waals surface area contributed by atoms with Crippen LogP contribution in [-0.4, -0.2) is 23.2 Å². The predicted octanol–water partition coefficient (Wildman–Crippen LogP) is 4.01. The van der Waals surface area contributed by atoms with E-state index in [0.717, 1.165) is 12.8 Å². The van der Waals surface area contributed by atoms with Crippen molar-refractivity contribution >= 4 is 17.6 Å². The first-order valence-corrected chi connectivity index (χ1v) is 7.67. The molecule has 0 aliphatic heterocycles. The molecule has 0 aromatic heterocycles. The van der Waals surface area contributed by atoms with Gasteiger partial charge >= 0.3 is 5.97 Å². The number of hydrogen-bond donors (Lipinski definition) is 1. The third-order valence-electron chi connectivity index (χ3n) is 2.93. The first kappa shape index (κ1) is 17.7. The zero-order valence-electron chi connectivity index (χ0n) is 11.5. The molecule has 0 aliphatic rings. The van der Waals surface area contributed by atoms with E-state index >= 15 is 0 Å². The van der Waals surface area contributed by atoms with Gasteiger partial charge in [0.1, 0.15) is 5.88 Å². The highest BCUT2D eigenvalue weighted by Crippen LogP contribution is 2.11. The van der Waals surface area contributed by atoms with Crippen LogP contribution >= 0.6 is 11.6 Å². The van der Waals surface area contributed by atoms with Crippen molar-refractivity contribution in [3.05, 3.63) is 0 Å². The average molecular weight is 279 g/mol. The molecule has 1 N–H and O–H groups in total. The Balaban J connectivity index is 3.17. The van der Waals surface area contributed by atoms with E-state index in [2.05, 4.69) is 11.7 Å². The normalized spacial score (nSPS) is 12.4. The summed E-state index contributed by atoms with van der Waals surface area (Å²) in [6.45, 7) is 2.22. The summed E-state index contributed by atoms with van der Waals surface area (Å²) in [7, 11) is 0. The van der Waals surface area contributed by atoms with Crippen molar-refractivity contribution in [3.8, 4) is 0 Å². The summed E-state index contributed by atoms with van der Waals surface area (Å²) in [5, 5.41) is 9.35. The van der Waals surface area contributed by atoms with Crippen LogP contribution in [0.15, 0.2) is 0 Å². The molecule has 1 unspecified atom stereocenters. The minimum atomic E-state index is -0.985. The highest BCUT2D eigenvalue weighted by molar-refractivity contribution is 6.26. The quantitative estimate of drug-likeness (QED) is 0.254. The lowest BCUT2D eigenvalue weighted by molar-refractivity contribution is -0.165. The van der Waals surface area contributed by atoms with E-state index in [1.165, 1.54) is 44.9 Å². The number of ether oxygens (including phenoxy) is 1. The van der Waals surface area contributed by atoms with E-state index in [0.29, 0.717) is 6.42 Å². The average Bonchev–Trinajstić information content (AvgIpc) is 2.36. The fourth-order valence-corrected chi connectivity index (χ4v) is 1.93. The van der Waals surface area contributed by atoms with Gasteiger partial charge in [0.15, 0.2) is 0 Å². The van der Waals surface area contributed by atoms with Crippen molar-refractivity contribution in [2.75, 3.05) is 5.88 Å². The third kappa shape index (κ3) is 12.2. The van der Waals surface area contributed by atoms with Gasteiger partial charge in [0.05, 0.1) is 0 Å². The third-order valence-corrected chi connectivity index (χ3v) is 3.15. The summed E-state index contributed by atoms with van der Waals surface area (Å²) >= 11 is 5.27. The number of carbonyl (C=O) groups is 1. The zero-order chi connectivity index (χ0) is 13.6. The molecule has 0 rings (SSSR count). The van der Waals surface area contributed by atoms with E-state index in [9.17, 15) is 9.90 Å². The summed E-state index contributed by atoms with van der Waals surface area (Å²) in [6.07, 6.45) is 10.6. The fraction of sp³-hybridized carbons (Fsp3) is 0.929. The first-order valence-electron chi connectivity index (χ1n) is 7.14. The van der Waals surface area contributed by atoms with Gasteiger partial charge in [-0.1, -0.05) is 58.3 Å². The highest BCUT2D eigenvalue weighted by atomic mass is 35.5. The molecule has 0 saturated heterocycles. The molecule has 1 atom stereocenters. The summed E-state index contributed by atoms with van der Waals surface area (Å²) in [5.74, 6) is -0.755. The zero-order valence-corrected chi connectivity index (χ0v) is 12.3. The maximum atomic E-state index is 10.8. The Morgan fingerprint density at radius 2 is 1.56 bits per heavy atom. The lowest BCUT2D eigenvalue weighted by Crippen LogP contribution is -2.18. The molecule has 0 heterocycles. The Labute approximate surface area is 116 Å². The van der Waals surface area contributed by atoms with E-state index in [1.54, 1.807) is 0 Å². The molecule has 0 saturated carbocycles. The molecule has 108 valence electrons. The van der Waals surface area contributed by atoms with Crippen molar-refractivity contribution in [1.82, 2.24) is 0 Å². The number of carbonyl (C=O) groups excluding carboxylic acids is 1. The van der Waals surface area contributed by atoms with Gasteiger partial charge in [-0.2, -0.15) is 0 Å². The fourth-order valence-electron chi connectivity index (χ4n) is 1.87. The van der Waals surface area contributed by atoms with Crippen LogP contribution in [0.1, 0.15) is 71.1 Å². The van der Waals surface area contributed by atoms with Crippen LogP contribution in [0.2, 0.25) is 0 Å². The Morgan fingerprint density at radius 1 is 1.06 bits per heavy atom. The highest BCUT2D eigenvalue weighted by Gasteiger charge is 2.08. The smallest absolute Gasteiger partial charge is 0.323 e. The van der Waals surface area contributed by atoms with Crippen molar-refractivity contribution in [2.24, 2.45) is 0 Å². The first-order chi connectivity index (χ1) is 8.70. The maximum Gasteiger partial charge on any atom is 0.323 e. The topological polar surface area (TPSA) is 46.5 Å². The van der Waals surface area contributed by atoms with E-state index in [1.807, 2.05) is 0 Å². The van der Waals surface area contributed by atoms with Gasteiger partial charge in [0.2, 0.25) is 6.29 Å². The minimum absolute atomic E-state index is 0.200. The lowest BCUT2D eigenvalue weighted by atomic mass is 10.1. The van der Waals surface area contributed by atoms with Crippen LogP contribution in [0.5, 0.6) is 0 Å². The Bertz CT molecular complexity index is 197. The molecule has 0 amide bonds. The van der Waals surface area contributed by atoms with E-state index in [4.69, 9.17) is 11.6 Å². The number of unbranched alkanes of at least 4 members (excludes halogenated alkanes) is 8. The molecule has 3 nitrogen and oxygen atoms in total. The largest absolute Gasteiger partial charge is 0.435 e. The summed E-state index contributed by atoms with van der Waals surface area (Å²) in [4.78, 5) is 10.8. The summed E-state index contributed by atoms with van der Waals surface area (Å²) < 4.78 is 4.66. The van der Waals surface area contributed by atoms with Gasteiger partial charge in [-0.15, -0.1) is 11.6 Å². The molecular weight excluding hydrogens is 252 g/mol. The van der Waals surface area contributed by atoms with Crippen LogP contribution in [-0.2, 0) is 9.53 Å². The van der Waals surface area contributed by atoms with Crippen LogP contribution in [0, 0.1) is 0 Å². The number of rotatable bonds is 12. The van der Waals surface area contributed by atoms with Gasteiger partial charge in [-0.05, 0) is 6.42 Å². The summed E-state index contributed by atoms with van der Waals surface area (Å²) in [6, 6.07) is 0. The standard InChI is InChI=1S/C14H27ClO3/c1-2-3-4-5-6-7-8-9-10-11-13(16)18-14(17)12-15/h13,16H,2-12H2,1H3. The van der Waals surface area contributed by atoms with Gasteiger partial charge in [-0.25, -0.2) is 0 Å². The molecular formula is C14H27ClO3. The molecule has 0 fully saturated rings. The second-order valence-corrected chi connectivity index (χ2v) is 4.96.